The Bertz CT molecular complexity index is 519. The van der Waals surface area contributed by atoms with Gasteiger partial charge in [-0.15, -0.1) is 0 Å². The minimum absolute atomic E-state index is 1.00. The zero-order valence-corrected chi connectivity index (χ0v) is 15.0. The van der Waals surface area contributed by atoms with Crippen LogP contribution in [-0.4, -0.2) is 19.5 Å². The summed E-state index contributed by atoms with van der Waals surface area (Å²) in [4.78, 5) is 0. The fraction of sp³-hybridized carbons (Fsp3) is 0.429. The first-order valence-electron chi connectivity index (χ1n) is 8.59. The number of ether oxygens (including phenoxy) is 1. The first-order valence-corrected chi connectivity index (χ1v) is 9.49. The molecule has 2 aromatic rings. The van der Waals surface area contributed by atoms with Gasteiger partial charge in [0.25, 0.3) is 0 Å². The first-order chi connectivity index (χ1) is 11.4. The van der Waals surface area contributed by atoms with Gasteiger partial charge in [-0.25, -0.2) is 0 Å². The lowest BCUT2D eigenvalue weighted by Gasteiger charge is -2.08. The van der Waals surface area contributed by atoms with Crippen molar-refractivity contribution >= 4 is 12.6 Å². The summed E-state index contributed by atoms with van der Waals surface area (Å²) in [5.74, 6) is 0. The molecule has 23 heavy (non-hydrogen) atoms. The van der Waals surface area contributed by atoms with E-state index in [1.807, 2.05) is 0 Å². The van der Waals surface area contributed by atoms with Gasteiger partial charge in [0.1, 0.15) is 0 Å². The molecule has 0 radical (unpaired) electrons. The summed E-state index contributed by atoms with van der Waals surface area (Å²) in [5, 5.41) is 0. The number of thiol groups is 1. The lowest BCUT2D eigenvalue weighted by molar-refractivity contribution is 0.0968. The molecule has 0 bridgehead atoms. The summed E-state index contributed by atoms with van der Waals surface area (Å²) >= 11 is 3.53. The molecule has 2 heteroatoms. The molecule has 0 atom stereocenters. The molecule has 0 unspecified atom stereocenters. The van der Waals surface area contributed by atoms with Crippen LogP contribution in [0.2, 0.25) is 0 Å². The van der Waals surface area contributed by atoms with Crippen LogP contribution in [0.3, 0.4) is 0 Å². The van der Waals surface area contributed by atoms with Gasteiger partial charge in [-0.05, 0) is 67.0 Å². The van der Waals surface area contributed by atoms with Gasteiger partial charge in [-0.3, -0.25) is 0 Å². The molecule has 2 aliphatic rings. The fourth-order valence-corrected chi connectivity index (χ4v) is 3.11. The predicted octanol–water partition coefficient (Wildman–Crippen LogP) is 5.11. The molecule has 4 rings (SSSR count). The van der Waals surface area contributed by atoms with Crippen LogP contribution in [0.5, 0.6) is 0 Å². The van der Waals surface area contributed by atoms with Gasteiger partial charge in [-0.1, -0.05) is 48.5 Å². The SMILES string of the molecule is C1CCOCC1.CS.c1ccc2c(c1)CCc1ccccc1C2. The quantitative estimate of drug-likeness (QED) is 0.661. The highest BCUT2D eigenvalue weighted by Gasteiger charge is 2.11. The van der Waals surface area contributed by atoms with Crippen LogP contribution in [0.25, 0.3) is 0 Å². The van der Waals surface area contributed by atoms with E-state index in [2.05, 4.69) is 61.2 Å². The predicted molar refractivity (Wildman–Crippen MR) is 103 cm³/mol. The van der Waals surface area contributed by atoms with Crippen molar-refractivity contribution < 1.29 is 4.74 Å². The number of benzene rings is 2. The molecule has 1 fully saturated rings. The van der Waals surface area contributed by atoms with Gasteiger partial charge in [-0.2, -0.15) is 12.6 Å². The Labute approximate surface area is 146 Å². The van der Waals surface area contributed by atoms with Crippen LogP contribution in [0.4, 0.5) is 0 Å². The van der Waals surface area contributed by atoms with Crippen LogP contribution in [-0.2, 0) is 24.0 Å². The first kappa shape index (κ1) is 18.1. The monoisotopic (exact) mass is 328 g/mol. The molecular formula is C21H28OS. The van der Waals surface area contributed by atoms with E-state index in [1.54, 1.807) is 6.26 Å². The van der Waals surface area contributed by atoms with Crippen molar-refractivity contribution in [3.63, 3.8) is 0 Å². The highest BCUT2D eigenvalue weighted by Crippen LogP contribution is 2.23. The molecule has 2 aromatic carbocycles. The topological polar surface area (TPSA) is 9.23 Å². The van der Waals surface area contributed by atoms with Gasteiger partial charge in [0.2, 0.25) is 0 Å². The molecule has 0 aromatic heterocycles. The van der Waals surface area contributed by atoms with Gasteiger partial charge in [0.15, 0.2) is 0 Å². The minimum atomic E-state index is 1.00. The molecule has 1 aliphatic heterocycles. The fourth-order valence-electron chi connectivity index (χ4n) is 3.11. The van der Waals surface area contributed by atoms with Crippen LogP contribution in [0.1, 0.15) is 41.5 Å². The Kier molecular flexibility index (Phi) is 8.27. The summed E-state index contributed by atoms with van der Waals surface area (Å²) in [7, 11) is 0. The number of hydrogen-bond acceptors (Lipinski definition) is 2. The zero-order valence-electron chi connectivity index (χ0n) is 14.1. The van der Waals surface area contributed by atoms with E-state index in [0.717, 1.165) is 19.6 Å². The van der Waals surface area contributed by atoms with Crippen molar-refractivity contribution in [2.75, 3.05) is 19.5 Å². The second kappa shape index (κ2) is 10.5. The van der Waals surface area contributed by atoms with Gasteiger partial charge in [0.05, 0.1) is 0 Å². The highest BCUT2D eigenvalue weighted by atomic mass is 32.1. The third-order valence-corrected chi connectivity index (χ3v) is 4.36. The van der Waals surface area contributed by atoms with Crippen molar-refractivity contribution in [3.05, 3.63) is 70.8 Å². The normalized spacial score (nSPS) is 15.6. The third-order valence-electron chi connectivity index (χ3n) is 4.36. The molecule has 0 saturated carbocycles. The maximum absolute atomic E-state index is 5.07. The average molecular weight is 329 g/mol. The van der Waals surface area contributed by atoms with E-state index < -0.39 is 0 Å². The lowest BCUT2D eigenvalue weighted by atomic mass is 10.0. The van der Waals surface area contributed by atoms with Crippen LogP contribution >= 0.6 is 12.6 Å². The Hall–Kier alpha value is -1.25. The van der Waals surface area contributed by atoms with Crippen molar-refractivity contribution in [3.8, 4) is 0 Å². The summed E-state index contributed by atoms with van der Waals surface area (Å²) in [5.41, 5.74) is 6.05. The zero-order chi connectivity index (χ0) is 16.3. The molecular weight excluding hydrogens is 300 g/mol. The second-order valence-electron chi connectivity index (χ2n) is 5.89. The standard InChI is InChI=1S/C15H14.C5H10O.CH4S/c1-3-7-14-11-15-8-4-2-6-13(15)10-9-12(14)5-1;1-2-4-6-5-3-1;1-2/h1-8H,9-11H2;1-5H2;2H,1H3. The van der Waals surface area contributed by atoms with Gasteiger partial charge < -0.3 is 4.74 Å². The highest BCUT2D eigenvalue weighted by molar-refractivity contribution is 7.79. The number of rotatable bonds is 0. The lowest BCUT2D eigenvalue weighted by Crippen LogP contribution is -2.03. The van der Waals surface area contributed by atoms with Crippen molar-refractivity contribution in [1.82, 2.24) is 0 Å². The van der Waals surface area contributed by atoms with E-state index in [9.17, 15) is 0 Å². The van der Waals surface area contributed by atoms with Crippen LogP contribution in [0, 0.1) is 0 Å². The molecule has 0 amide bonds. The van der Waals surface area contributed by atoms with Crippen molar-refractivity contribution in [2.45, 2.75) is 38.5 Å². The third kappa shape index (κ3) is 5.71. The Balaban J connectivity index is 0.000000202. The van der Waals surface area contributed by atoms with E-state index >= 15 is 0 Å². The maximum atomic E-state index is 5.07. The number of aryl methyl sites for hydroxylation is 2. The summed E-state index contributed by atoms with van der Waals surface area (Å²) in [6.45, 7) is 2.00. The van der Waals surface area contributed by atoms with Crippen molar-refractivity contribution in [2.24, 2.45) is 0 Å². The summed E-state index contributed by atoms with van der Waals surface area (Å²) in [6, 6.07) is 17.6. The maximum Gasteiger partial charge on any atom is 0.0466 e. The average Bonchev–Trinajstić information content (AvgIpc) is 2.84. The minimum Gasteiger partial charge on any atom is -0.381 e. The number of fused-ring (bicyclic) bond motifs is 2. The molecule has 1 nitrogen and oxygen atoms in total. The van der Waals surface area contributed by atoms with E-state index in [0.29, 0.717) is 0 Å². The summed E-state index contributed by atoms with van der Waals surface area (Å²) < 4.78 is 5.07. The molecule has 0 spiro atoms. The van der Waals surface area contributed by atoms with Crippen molar-refractivity contribution in [1.29, 1.82) is 0 Å². The Morgan fingerprint density at radius 3 is 1.43 bits per heavy atom. The molecule has 1 heterocycles. The van der Waals surface area contributed by atoms with Crippen LogP contribution < -0.4 is 0 Å². The molecule has 1 saturated heterocycles. The van der Waals surface area contributed by atoms with E-state index in [4.69, 9.17) is 4.74 Å². The largest absolute Gasteiger partial charge is 0.381 e. The molecule has 124 valence electrons. The Morgan fingerprint density at radius 2 is 1.09 bits per heavy atom. The van der Waals surface area contributed by atoms with Gasteiger partial charge in [0, 0.05) is 13.2 Å². The van der Waals surface area contributed by atoms with Crippen LogP contribution in [0.15, 0.2) is 48.5 Å². The molecule has 0 N–H and O–H groups in total. The van der Waals surface area contributed by atoms with Gasteiger partial charge >= 0.3 is 0 Å². The summed E-state index contributed by atoms with van der Waals surface area (Å²) in [6.07, 6.45) is 9.10. The second-order valence-corrected chi connectivity index (χ2v) is 5.89. The van der Waals surface area contributed by atoms with E-state index in [-0.39, 0.29) is 0 Å². The Morgan fingerprint density at radius 1 is 0.652 bits per heavy atom. The smallest absolute Gasteiger partial charge is 0.0466 e. The van der Waals surface area contributed by atoms with E-state index in [1.165, 1.54) is 54.4 Å². The molecule has 1 aliphatic carbocycles. The number of hydrogen-bond donors (Lipinski definition) is 1.